The van der Waals surface area contributed by atoms with Crippen molar-refractivity contribution in [2.75, 3.05) is 6.54 Å². The van der Waals surface area contributed by atoms with Crippen molar-refractivity contribution >= 4 is 28.8 Å². The Labute approximate surface area is 228 Å². The standard InChI is InChI=1S/C26H33F3N6O5/c1-14(36)31-19-12-16(32-24(38)40-25(2,3)4)6-8-21(19)34-10-9-18(23(34)37)33-22-17-11-15(26(27,28)29)5-7-20(17)35(39)13-30-22/h5,7,11,13,16,18-19,21,39H,6,8-10,12H2,1-4H3,(H,31,36)(H,32,38)/t16-,18+,19+,21+/m1/s1. The van der Waals surface area contributed by atoms with Crippen molar-refractivity contribution < 1.29 is 37.5 Å². The maximum Gasteiger partial charge on any atom is 0.416 e. The molecule has 1 aliphatic heterocycles. The molecule has 2 aliphatic rings. The Morgan fingerprint density at radius 2 is 1.88 bits per heavy atom. The van der Waals surface area contributed by atoms with Crippen molar-refractivity contribution in [1.82, 2.24) is 25.2 Å². The maximum atomic E-state index is 13.5. The lowest BCUT2D eigenvalue weighted by molar-refractivity contribution is -0.137. The zero-order valence-corrected chi connectivity index (χ0v) is 22.7. The predicted octanol–water partition coefficient (Wildman–Crippen LogP) is 2.74. The van der Waals surface area contributed by atoms with Crippen molar-refractivity contribution in [3.8, 4) is 0 Å². The van der Waals surface area contributed by atoms with Crippen LogP contribution in [0.25, 0.3) is 10.9 Å². The van der Waals surface area contributed by atoms with E-state index in [0.29, 0.717) is 37.0 Å². The van der Waals surface area contributed by atoms with Crippen LogP contribution in [-0.4, -0.2) is 74.0 Å². The van der Waals surface area contributed by atoms with Crippen LogP contribution in [0.1, 0.15) is 58.9 Å². The van der Waals surface area contributed by atoms with E-state index < -0.39 is 35.5 Å². The lowest BCUT2D eigenvalue weighted by Crippen LogP contribution is -2.58. The van der Waals surface area contributed by atoms with Gasteiger partial charge in [-0.1, -0.05) is 0 Å². The lowest BCUT2D eigenvalue weighted by Gasteiger charge is -2.41. The van der Waals surface area contributed by atoms with Gasteiger partial charge >= 0.3 is 12.3 Å². The second-order valence-corrected chi connectivity index (χ2v) is 11.1. The lowest BCUT2D eigenvalue weighted by atomic mass is 9.85. The molecule has 1 aromatic carbocycles. The highest BCUT2D eigenvalue weighted by molar-refractivity contribution is 5.85. The van der Waals surface area contributed by atoms with Crippen molar-refractivity contribution in [2.45, 2.75) is 89.3 Å². The molecule has 0 radical (unpaired) electrons. The van der Waals surface area contributed by atoms with Gasteiger partial charge in [-0.3, -0.25) is 14.6 Å². The number of alkyl halides is 3. The van der Waals surface area contributed by atoms with Gasteiger partial charge in [0.05, 0.1) is 23.2 Å². The van der Waals surface area contributed by atoms with E-state index in [1.54, 1.807) is 25.7 Å². The summed E-state index contributed by atoms with van der Waals surface area (Å²) in [7, 11) is 0. The number of amides is 3. The number of hydrogen-bond acceptors (Lipinski definition) is 7. The Bertz CT molecular complexity index is 1370. The number of fused-ring (bicyclic) bond motifs is 1. The molecule has 1 aromatic heterocycles. The molecule has 1 saturated heterocycles. The smallest absolute Gasteiger partial charge is 0.416 e. The predicted molar refractivity (Wildman–Crippen MR) is 136 cm³/mol. The second-order valence-electron chi connectivity index (χ2n) is 11.1. The van der Waals surface area contributed by atoms with E-state index in [2.05, 4.69) is 20.6 Å². The summed E-state index contributed by atoms with van der Waals surface area (Å²) in [5.41, 5.74) is -1.62. The molecular weight excluding hydrogens is 533 g/mol. The first-order valence-electron chi connectivity index (χ1n) is 13.0. The molecule has 1 aliphatic carbocycles. The number of carbonyl (C=O) groups is 3. The number of benzene rings is 1. The molecule has 2 heterocycles. The zero-order valence-electron chi connectivity index (χ0n) is 22.7. The molecule has 4 atom stereocenters. The van der Waals surface area contributed by atoms with E-state index in [9.17, 15) is 32.8 Å². The van der Waals surface area contributed by atoms with Gasteiger partial charge in [0.15, 0.2) is 5.49 Å². The number of hydrogen-bond donors (Lipinski definition) is 3. The van der Waals surface area contributed by atoms with Crippen LogP contribution < -0.4 is 16.1 Å². The number of halogens is 3. The molecule has 0 unspecified atom stereocenters. The number of rotatable bonds is 4. The fraction of sp³-hybridized carbons (Fsp3) is 0.577. The average Bonchev–Trinajstić information content (AvgIpc) is 3.18. The summed E-state index contributed by atoms with van der Waals surface area (Å²) in [6.07, 6.45) is -2.43. The summed E-state index contributed by atoms with van der Waals surface area (Å²) >= 11 is 0. The summed E-state index contributed by atoms with van der Waals surface area (Å²) in [5, 5.41) is 15.7. The summed E-state index contributed by atoms with van der Waals surface area (Å²) < 4.78 is 45.9. The molecule has 11 nitrogen and oxygen atoms in total. The second kappa shape index (κ2) is 11.0. The van der Waals surface area contributed by atoms with Crippen molar-refractivity contribution in [3.63, 3.8) is 0 Å². The minimum atomic E-state index is -4.61. The number of alkyl carbamates (subject to hydrolysis) is 1. The minimum absolute atomic E-state index is 0.0454. The third-order valence-corrected chi connectivity index (χ3v) is 6.91. The third-order valence-electron chi connectivity index (χ3n) is 6.91. The molecule has 1 saturated carbocycles. The SMILES string of the molecule is CC(=O)N[C@H]1C[C@H](NC(=O)OC(C)(C)C)CC[C@@H]1N1CC[C@H](N=c2ncn(O)c3ccc(C(F)(F)F)cc23)C1=O. The van der Waals surface area contributed by atoms with E-state index in [4.69, 9.17) is 4.74 Å². The Balaban J connectivity index is 1.55. The summed E-state index contributed by atoms with van der Waals surface area (Å²) in [6.45, 7) is 6.98. The monoisotopic (exact) mass is 566 g/mol. The Morgan fingerprint density at radius 3 is 2.52 bits per heavy atom. The van der Waals surface area contributed by atoms with Gasteiger partial charge in [-0.15, -0.1) is 0 Å². The van der Waals surface area contributed by atoms with Gasteiger partial charge in [0, 0.05) is 24.9 Å². The van der Waals surface area contributed by atoms with Gasteiger partial charge in [-0.25, -0.2) is 9.78 Å². The van der Waals surface area contributed by atoms with Gasteiger partial charge in [0.2, 0.25) is 11.8 Å². The molecule has 3 amide bonds. The average molecular weight is 567 g/mol. The van der Waals surface area contributed by atoms with E-state index in [1.165, 1.54) is 6.92 Å². The highest BCUT2D eigenvalue weighted by Crippen LogP contribution is 2.31. The highest BCUT2D eigenvalue weighted by Gasteiger charge is 2.42. The van der Waals surface area contributed by atoms with E-state index in [-0.39, 0.29) is 40.3 Å². The van der Waals surface area contributed by atoms with Crippen LogP contribution in [0.3, 0.4) is 0 Å². The zero-order chi connectivity index (χ0) is 29.4. The molecule has 2 aromatic rings. The molecule has 3 N–H and O–H groups in total. The summed E-state index contributed by atoms with van der Waals surface area (Å²) in [6, 6.07) is 0.847. The third kappa shape index (κ3) is 6.65. The number of nitrogens with zero attached hydrogens (tertiary/aromatic N) is 4. The van der Waals surface area contributed by atoms with Gasteiger partial charge in [-0.2, -0.15) is 17.9 Å². The van der Waals surface area contributed by atoms with Crippen LogP contribution in [-0.2, 0) is 20.5 Å². The largest absolute Gasteiger partial charge is 0.444 e. The first-order valence-corrected chi connectivity index (χ1v) is 13.0. The normalized spacial score (nSPS) is 24.3. The molecule has 0 spiro atoms. The van der Waals surface area contributed by atoms with Crippen LogP contribution in [0.5, 0.6) is 0 Å². The molecule has 40 heavy (non-hydrogen) atoms. The summed E-state index contributed by atoms with van der Waals surface area (Å²) in [5.74, 6) is -0.611. The molecule has 4 rings (SSSR count). The fourth-order valence-electron chi connectivity index (χ4n) is 5.27. The first-order chi connectivity index (χ1) is 18.6. The van der Waals surface area contributed by atoms with Crippen molar-refractivity contribution in [3.05, 3.63) is 35.6 Å². The number of carbonyl (C=O) groups excluding carboxylic acids is 3. The maximum absolute atomic E-state index is 13.5. The van der Waals surface area contributed by atoms with E-state index >= 15 is 0 Å². The van der Waals surface area contributed by atoms with Crippen LogP contribution in [0.2, 0.25) is 0 Å². The van der Waals surface area contributed by atoms with Crippen LogP contribution >= 0.6 is 0 Å². The van der Waals surface area contributed by atoms with Gasteiger partial charge < -0.3 is 25.5 Å². The minimum Gasteiger partial charge on any atom is -0.444 e. The molecular formula is C26H33F3N6O5. The van der Waals surface area contributed by atoms with E-state index in [0.717, 1.165) is 24.5 Å². The highest BCUT2D eigenvalue weighted by atomic mass is 19.4. The van der Waals surface area contributed by atoms with Gasteiger partial charge in [0.1, 0.15) is 18.0 Å². The number of ether oxygens (including phenoxy) is 1. The molecule has 14 heteroatoms. The molecule has 218 valence electrons. The Hall–Kier alpha value is -3.84. The van der Waals surface area contributed by atoms with Crippen LogP contribution in [0.4, 0.5) is 18.0 Å². The Kier molecular flexibility index (Phi) is 7.99. The van der Waals surface area contributed by atoms with Crippen molar-refractivity contribution in [2.24, 2.45) is 4.99 Å². The van der Waals surface area contributed by atoms with Crippen molar-refractivity contribution in [1.29, 1.82) is 0 Å². The quantitative estimate of drug-likeness (QED) is 0.487. The number of nitrogens with one attached hydrogen (secondary N) is 2. The van der Waals surface area contributed by atoms with Crippen LogP contribution in [0.15, 0.2) is 29.5 Å². The first kappa shape index (κ1) is 29.2. The fourth-order valence-corrected chi connectivity index (χ4v) is 5.27. The molecule has 2 fully saturated rings. The molecule has 0 bridgehead atoms. The van der Waals surface area contributed by atoms with Crippen LogP contribution in [0, 0.1) is 0 Å². The van der Waals surface area contributed by atoms with Gasteiger partial charge in [-0.05, 0) is 64.7 Å². The summed E-state index contributed by atoms with van der Waals surface area (Å²) in [4.78, 5) is 47.7. The van der Waals surface area contributed by atoms with E-state index in [1.807, 2.05) is 0 Å². The topological polar surface area (TPSA) is 138 Å². The van der Waals surface area contributed by atoms with Gasteiger partial charge in [0.25, 0.3) is 0 Å². The Morgan fingerprint density at radius 1 is 1.15 bits per heavy atom. The number of aromatic nitrogens is 2. The number of likely N-dealkylation sites (tertiary alicyclic amines) is 1.